The maximum Gasteiger partial charge on any atom is 0.184 e. The van der Waals surface area contributed by atoms with Gasteiger partial charge in [-0.1, -0.05) is 36.4 Å². The summed E-state index contributed by atoms with van der Waals surface area (Å²) in [6.45, 7) is 2.39. The lowest BCUT2D eigenvalue weighted by Gasteiger charge is -2.08. The zero-order chi connectivity index (χ0) is 11.9. The van der Waals surface area contributed by atoms with Gasteiger partial charge in [0.2, 0.25) is 0 Å². The molecule has 0 radical (unpaired) electrons. The molecule has 1 aromatic carbocycles. The summed E-state index contributed by atoms with van der Waals surface area (Å²) in [4.78, 5) is 0. The number of hydrogen-bond donors (Lipinski definition) is 1. The van der Waals surface area contributed by atoms with Gasteiger partial charge in [0.15, 0.2) is 6.29 Å². The van der Waals surface area contributed by atoms with Gasteiger partial charge in [-0.15, -0.1) is 0 Å². The predicted octanol–water partition coefficient (Wildman–Crippen LogP) is 2.35. The van der Waals surface area contributed by atoms with Gasteiger partial charge in [0.25, 0.3) is 0 Å². The van der Waals surface area contributed by atoms with Crippen molar-refractivity contribution < 1.29 is 9.47 Å². The molecule has 92 valence electrons. The monoisotopic (exact) mass is 233 g/mol. The van der Waals surface area contributed by atoms with E-state index in [0.717, 1.165) is 18.5 Å². The minimum atomic E-state index is -0.169. The largest absolute Gasteiger partial charge is 0.346 e. The van der Waals surface area contributed by atoms with Crippen molar-refractivity contribution in [3.63, 3.8) is 0 Å². The summed E-state index contributed by atoms with van der Waals surface area (Å²) in [5, 5.41) is 3.12. The van der Waals surface area contributed by atoms with Gasteiger partial charge < -0.3 is 14.8 Å². The lowest BCUT2D eigenvalue weighted by atomic mass is 10.1. The van der Waals surface area contributed by atoms with Gasteiger partial charge >= 0.3 is 0 Å². The molecule has 1 aliphatic rings. The number of hydrogen-bond acceptors (Lipinski definition) is 3. The van der Waals surface area contributed by atoms with E-state index in [4.69, 9.17) is 9.47 Å². The summed E-state index contributed by atoms with van der Waals surface area (Å²) in [5.41, 5.74) is 2.30. The zero-order valence-electron chi connectivity index (χ0n) is 10.2. The molecule has 1 fully saturated rings. The Morgan fingerprint density at radius 2 is 1.94 bits per heavy atom. The molecule has 0 aliphatic carbocycles. The van der Waals surface area contributed by atoms with Crippen LogP contribution in [0.1, 0.15) is 23.8 Å². The highest BCUT2D eigenvalue weighted by molar-refractivity contribution is 5.49. The molecule has 3 nitrogen and oxygen atoms in total. The Balaban J connectivity index is 1.90. The Labute approximate surface area is 102 Å². The van der Waals surface area contributed by atoms with Crippen molar-refractivity contribution in [3.05, 3.63) is 41.5 Å². The molecule has 3 heteroatoms. The van der Waals surface area contributed by atoms with Crippen LogP contribution in [0.4, 0.5) is 0 Å². The Morgan fingerprint density at radius 3 is 2.59 bits per heavy atom. The summed E-state index contributed by atoms with van der Waals surface area (Å²) in [6.07, 6.45) is 5.19. The normalized spacial score (nSPS) is 17.0. The van der Waals surface area contributed by atoms with E-state index in [0.29, 0.717) is 13.2 Å². The fraction of sp³-hybridized carbons (Fsp3) is 0.429. The van der Waals surface area contributed by atoms with E-state index in [1.165, 1.54) is 5.56 Å². The average Bonchev–Trinajstić information content (AvgIpc) is 2.89. The lowest BCUT2D eigenvalue weighted by Crippen LogP contribution is -2.05. The topological polar surface area (TPSA) is 30.5 Å². The third kappa shape index (κ3) is 3.66. The standard InChI is InChI=1S/C14H19NO2/c1-15-9-3-2-4-12-5-7-13(8-6-12)14-16-10-11-17-14/h2,4-8,14-15H,3,9-11H2,1H3. The van der Waals surface area contributed by atoms with Crippen molar-refractivity contribution in [2.75, 3.05) is 26.8 Å². The fourth-order valence-corrected chi connectivity index (χ4v) is 1.76. The van der Waals surface area contributed by atoms with Gasteiger partial charge in [-0.05, 0) is 25.6 Å². The highest BCUT2D eigenvalue weighted by Gasteiger charge is 2.17. The quantitative estimate of drug-likeness (QED) is 0.792. The molecule has 0 unspecified atom stereocenters. The molecule has 1 saturated heterocycles. The molecule has 0 aromatic heterocycles. The molecule has 2 rings (SSSR count). The minimum Gasteiger partial charge on any atom is -0.346 e. The summed E-state index contributed by atoms with van der Waals surface area (Å²) in [5.74, 6) is 0. The summed E-state index contributed by atoms with van der Waals surface area (Å²) < 4.78 is 10.9. The molecule has 0 amide bonds. The zero-order valence-corrected chi connectivity index (χ0v) is 10.2. The van der Waals surface area contributed by atoms with E-state index in [1.807, 2.05) is 7.05 Å². The third-order valence-electron chi connectivity index (χ3n) is 2.70. The van der Waals surface area contributed by atoms with Crippen LogP contribution >= 0.6 is 0 Å². The van der Waals surface area contributed by atoms with Crippen molar-refractivity contribution in [1.82, 2.24) is 5.32 Å². The van der Waals surface area contributed by atoms with Gasteiger partial charge in [0, 0.05) is 5.56 Å². The third-order valence-corrected chi connectivity index (χ3v) is 2.70. The van der Waals surface area contributed by atoms with Gasteiger partial charge in [-0.2, -0.15) is 0 Å². The second-order valence-electron chi connectivity index (χ2n) is 4.03. The first-order valence-electron chi connectivity index (χ1n) is 6.04. The molecule has 0 spiro atoms. The van der Waals surface area contributed by atoms with Crippen molar-refractivity contribution in [2.45, 2.75) is 12.7 Å². The van der Waals surface area contributed by atoms with Crippen molar-refractivity contribution in [2.24, 2.45) is 0 Å². The number of nitrogens with one attached hydrogen (secondary N) is 1. The second kappa shape index (κ2) is 6.55. The van der Waals surface area contributed by atoms with Crippen LogP contribution in [-0.4, -0.2) is 26.8 Å². The first-order valence-corrected chi connectivity index (χ1v) is 6.04. The Bertz CT molecular complexity index is 353. The van der Waals surface area contributed by atoms with Gasteiger partial charge in [0.1, 0.15) is 0 Å². The first-order chi connectivity index (χ1) is 8.40. The molecule has 1 aromatic rings. The second-order valence-corrected chi connectivity index (χ2v) is 4.03. The maximum atomic E-state index is 5.44. The summed E-state index contributed by atoms with van der Waals surface area (Å²) in [6, 6.07) is 8.31. The van der Waals surface area contributed by atoms with Crippen LogP contribution in [0.25, 0.3) is 6.08 Å². The first kappa shape index (κ1) is 12.3. The lowest BCUT2D eigenvalue weighted by molar-refractivity contribution is -0.0441. The number of ether oxygens (including phenoxy) is 2. The van der Waals surface area contributed by atoms with Crippen LogP contribution in [0.5, 0.6) is 0 Å². The maximum absolute atomic E-state index is 5.44. The van der Waals surface area contributed by atoms with Crippen LogP contribution in [0.15, 0.2) is 30.3 Å². The highest BCUT2D eigenvalue weighted by atomic mass is 16.7. The molecule has 17 heavy (non-hydrogen) atoms. The van der Waals surface area contributed by atoms with E-state index in [9.17, 15) is 0 Å². The summed E-state index contributed by atoms with van der Waals surface area (Å²) >= 11 is 0. The van der Waals surface area contributed by atoms with Crippen molar-refractivity contribution in [3.8, 4) is 0 Å². The van der Waals surface area contributed by atoms with Gasteiger partial charge in [-0.3, -0.25) is 0 Å². The molecule has 0 saturated carbocycles. The highest BCUT2D eigenvalue weighted by Crippen LogP contribution is 2.23. The Hall–Kier alpha value is -1.16. The Morgan fingerprint density at radius 1 is 1.24 bits per heavy atom. The molecule has 0 atom stereocenters. The summed E-state index contributed by atoms with van der Waals surface area (Å²) in [7, 11) is 1.96. The van der Waals surface area contributed by atoms with Crippen LogP contribution in [0.3, 0.4) is 0 Å². The average molecular weight is 233 g/mol. The van der Waals surface area contributed by atoms with Crippen molar-refractivity contribution in [1.29, 1.82) is 0 Å². The van der Waals surface area contributed by atoms with Crippen LogP contribution in [-0.2, 0) is 9.47 Å². The van der Waals surface area contributed by atoms with E-state index >= 15 is 0 Å². The SMILES string of the molecule is CNCCC=Cc1ccc(C2OCCO2)cc1. The van der Waals surface area contributed by atoms with E-state index in [1.54, 1.807) is 0 Å². The van der Waals surface area contributed by atoms with Gasteiger partial charge in [-0.25, -0.2) is 0 Å². The fourth-order valence-electron chi connectivity index (χ4n) is 1.76. The van der Waals surface area contributed by atoms with Crippen molar-refractivity contribution >= 4 is 6.08 Å². The van der Waals surface area contributed by atoms with Crippen LogP contribution in [0.2, 0.25) is 0 Å². The molecular weight excluding hydrogens is 214 g/mol. The molecule has 1 heterocycles. The number of benzene rings is 1. The molecule has 0 bridgehead atoms. The van der Waals surface area contributed by atoms with E-state index < -0.39 is 0 Å². The molecule has 1 aliphatic heterocycles. The smallest absolute Gasteiger partial charge is 0.184 e. The van der Waals surface area contributed by atoms with Crippen LogP contribution in [0, 0.1) is 0 Å². The Kier molecular flexibility index (Phi) is 4.74. The predicted molar refractivity (Wildman–Crippen MR) is 68.7 cm³/mol. The minimum absolute atomic E-state index is 0.169. The van der Waals surface area contributed by atoms with E-state index in [-0.39, 0.29) is 6.29 Å². The number of rotatable bonds is 5. The molecule has 1 N–H and O–H groups in total. The van der Waals surface area contributed by atoms with Crippen LogP contribution < -0.4 is 5.32 Å². The molecular formula is C14H19NO2. The van der Waals surface area contributed by atoms with E-state index in [2.05, 4.69) is 41.7 Å². The van der Waals surface area contributed by atoms with Gasteiger partial charge in [0.05, 0.1) is 13.2 Å².